The molecule has 0 bridgehead atoms. The van der Waals surface area contributed by atoms with Crippen LogP contribution in [0, 0.1) is 0 Å². The lowest BCUT2D eigenvalue weighted by Gasteiger charge is -2.15. The van der Waals surface area contributed by atoms with Gasteiger partial charge in [0.1, 0.15) is 6.04 Å². The summed E-state index contributed by atoms with van der Waals surface area (Å²) in [4.78, 5) is 22.7. The van der Waals surface area contributed by atoms with Gasteiger partial charge in [0, 0.05) is 20.1 Å². The van der Waals surface area contributed by atoms with Gasteiger partial charge in [0.15, 0.2) is 11.5 Å². The number of aromatic hydroxyl groups is 2. The Morgan fingerprint density at radius 2 is 2.00 bits per heavy atom. The third kappa shape index (κ3) is 5.57. The van der Waals surface area contributed by atoms with Crippen molar-refractivity contribution >= 4 is 12.0 Å². The zero-order chi connectivity index (χ0) is 15.8. The average Bonchev–Trinajstić information content (AvgIpc) is 2.42. The van der Waals surface area contributed by atoms with Crippen molar-refractivity contribution in [3.8, 4) is 11.5 Å². The SMILES string of the molecule is COCCNC(=O)N[C@@H](Cc1ccc(O)c(O)c1)C(=O)O. The minimum atomic E-state index is -1.20. The Morgan fingerprint density at radius 3 is 2.57 bits per heavy atom. The summed E-state index contributed by atoms with van der Waals surface area (Å²) < 4.78 is 4.75. The van der Waals surface area contributed by atoms with Crippen LogP contribution in [0.3, 0.4) is 0 Å². The molecule has 116 valence electrons. The van der Waals surface area contributed by atoms with Crippen LogP contribution in [0.5, 0.6) is 11.5 Å². The number of hydrogen-bond acceptors (Lipinski definition) is 5. The molecule has 0 spiro atoms. The van der Waals surface area contributed by atoms with E-state index in [1.165, 1.54) is 25.3 Å². The number of ether oxygens (including phenoxy) is 1. The molecule has 8 nitrogen and oxygen atoms in total. The Labute approximate surface area is 121 Å². The van der Waals surface area contributed by atoms with Gasteiger partial charge < -0.3 is 30.7 Å². The number of urea groups is 1. The molecule has 0 fully saturated rings. The van der Waals surface area contributed by atoms with Crippen LogP contribution in [-0.4, -0.2) is 53.6 Å². The van der Waals surface area contributed by atoms with E-state index in [-0.39, 0.29) is 24.5 Å². The Kier molecular flexibility index (Phi) is 6.28. The normalized spacial score (nSPS) is 11.7. The lowest BCUT2D eigenvalue weighted by Crippen LogP contribution is -2.47. The van der Waals surface area contributed by atoms with Gasteiger partial charge in [0.05, 0.1) is 6.61 Å². The molecule has 0 aliphatic heterocycles. The molecule has 5 N–H and O–H groups in total. The smallest absolute Gasteiger partial charge is 0.326 e. The zero-order valence-electron chi connectivity index (χ0n) is 11.5. The van der Waals surface area contributed by atoms with Crippen LogP contribution in [0.15, 0.2) is 18.2 Å². The fourth-order valence-electron chi connectivity index (χ4n) is 1.61. The van der Waals surface area contributed by atoms with Crippen LogP contribution in [0.2, 0.25) is 0 Å². The van der Waals surface area contributed by atoms with E-state index in [0.717, 1.165) is 0 Å². The lowest BCUT2D eigenvalue weighted by atomic mass is 10.1. The molecule has 0 aromatic heterocycles. The fraction of sp³-hybridized carbons (Fsp3) is 0.385. The molecule has 0 aliphatic rings. The first-order chi connectivity index (χ1) is 9.93. The topological polar surface area (TPSA) is 128 Å². The Hall–Kier alpha value is -2.48. The summed E-state index contributed by atoms with van der Waals surface area (Å²) >= 11 is 0. The van der Waals surface area contributed by atoms with Crippen molar-refractivity contribution in [1.82, 2.24) is 10.6 Å². The number of nitrogens with one attached hydrogen (secondary N) is 2. The minimum absolute atomic E-state index is 0.0269. The van der Waals surface area contributed by atoms with Crippen molar-refractivity contribution in [3.05, 3.63) is 23.8 Å². The van der Waals surface area contributed by atoms with Crippen LogP contribution < -0.4 is 10.6 Å². The first-order valence-corrected chi connectivity index (χ1v) is 6.21. The highest BCUT2D eigenvalue weighted by atomic mass is 16.5. The van der Waals surface area contributed by atoms with Gasteiger partial charge in [-0.1, -0.05) is 6.07 Å². The van der Waals surface area contributed by atoms with Gasteiger partial charge >= 0.3 is 12.0 Å². The molecule has 1 atom stereocenters. The molecular weight excluding hydrogens is 280 g/mol. The van der Waals surface area contributed by atoms with Gasteiger partial charge in [-0.25, -0.2) is 9.59 Å². The maximum absolute atomic E-state index is 11.5. The molecule has 2 amide bonds. The summed E-state index contributed by atoms with van der Waals surface area (Å²) in [6.45, 7) is 0.575. The number of phenolic OH excluding ortho intramolecular Hbond substituents is 2. The number of carbonyl (C=O) groups is 2. The van der Waals surface area contributed by atoms with E-state index in [0.29, 0.717) is 12.2 Å². The van der Waals surface area contributed by atoms with E-state index >= 15 is 0 Å². The maximum atomic E-state index is 11.5. The van der Waals surface area contributed by atoms with Crippen molar-refractivity contribution in [3.63, 3.8) is 0 Å². The van der Waals surface area contributed by atoms with E-state index in [2.05, 4.69) is 10.6 Å². The van der Waals surface area contributed by atoms with E-state index in [1.807, 2.05) is 0 Å². The second kappa shape index (κ2) is 7.95. The number of hydrogen-bond donors (Lipinski definition) is 5. The Balaban J connectivity index is 2.63. The summed E-state index contributed by atoms with van der Waals surface area (Å²) in [5, 5.41) is 32.4. The molecule has 1 aromatic rings. The van der Waals surface area contributed by atoms with E-state index in [4.69, 9.17) is 9.84 Å². The van der Waals surface area contributed by atoms with Gasteiger partial charge in [-0.05, 0) is 17.7 Å². The number of phenols is 2. The number of methoxy groups -OCH3 is 1. The summed E-state index contributed by atoms with van der Waals surface area (Å²) in [5.74, 6) is -1.85. The number of rotatable bonds is 7. The summed E-state index contributed by atoms with van der Waals surface area (Å²) in [7, 11) is 1.48. The molecule has 0 saturated heterocycles. The van der Waals surface area contributed by atoms with Crippen LogP contribution in [-0.2, 0) is 16.0 Å². The molecule has 0 aliphatic carbocycles. The predicted molar refractivity (Wildman–Crippen MR) is 73.3 cm³/mol. The Morgan fingerprint density at radius 1 is 1.29 bits per heavy atom. The first-order valence-electron chi connectivity index (χ1n) is 6.21. The second-order valence-electron chi connectivity index (χ2n) is 4.31. The molecule has 8 heteroatoms. The van der Waals surface area contributed by atoms with Crippen LogP contribution in [0.25, 0.3) is 0 Å². The highest BCUT2D eigenvalue weighted by Crippen LogP contribution is 2.25. The number of carboxylic acid groups (broad SMARTS) is 1. The van der Waals surface area contributed by atoms with Gasteiger partial charge in [-0.15, -0.1) is 0 Å². The number of benzene rings is 1. The van der Waals surface area contributed by atoms with Gasteiger partial charge in [-0.3, -0.25) is 0 Å². The van der Waals surface area contributed by atoms with Crippen LogP contribution in [0.1, 0.15) is 5.56 Å². The minimum Gasteiger partial charge on any atom is -0.504 e. The van der Waals surface area contributed by atoms with E-state index < -0.39 is 18.0 Å². The van der Waals surface area contributed by atoms with Crippen molar-refractivity contribution in [2.45, 2.75) is 12.5 Å². The Bertz CT molecular complexity index is 505. The molecule has 0 unspecified atom stereocenters. The number of carboxylic acids is 1. The number of aliphatic carboxylic acids is 1. The average molecular weight is 298 g/mol. The molecule has 21 heavy (non-hydrogen) atoms. The van der Waals surface area contributed by atoms with E-state index in [9.17, 15) is 19.8 Å². The zero-order valence-corrected chi connectivity index (χ0v) is 11.5. The van der Waals surface area contributed by atoms with Crippen molar-refractivity contribution in [2.24, 2.45) is 0 Å². The highest BCUT2D eigenvalue weighted by molar-refractivity contribution is 5.82. The molecule has 1 aromatic carbocycles. The quantitative estimate of drug-likeness (QED) is 0.357. The largest absolute Gasteiger partial charge is 0.504 e. The third-order valence-electron chi connectivity index (χ3n) is 2.67. The third-order valence-corrected chi connectivity index (χ3v) is 2.67. The summed E-state index contributed by atoms with van der Waals surface area (Å²) in [6.07, 6.45) is -0.0269. The van der Waals surface area contributed by atoms with Crippen LogP contribution in [0.4, 0.5) is 4.79 Å². The van der Waals surface area contributed by atoms with Gasteiger partial charge in [0.2, 0.25) is 0 Å². The van der Waals surface area contributed by atoms with Crippen molar-refractivity contribution in [2.75, 3.05) is 20.3 Å². The van der Waals surface area contributed by atoms with Crippen molar-refractivity contribution < 1.29 is 29.6 Å². The lowest BCUT2D eigenvalue weighted by molar-refractivity contribution is -0.139. The standard InChI is InChI=1S/C13H18N2O6/c1-21-5-4-14-13(20)15-9(12(18)19)6-8-2-3-10(16)11(17)7-8/h2-3,7,9,16-17H,4-6H2,1H3,(H,18,19)(H2,14,15,20)/t9-/m0/s1. The molecular formula is C13H18N2O6. The van der Waals surface area contributed by atoms with Gasteiger partial charge in [0.25, 0.3) is 0 Å². The van der Waals surface area contributed by atoms with Gasteiger partial charge in [-0.2, -0.15) is 0 Å². The van der Waals surface area contributed by atoms with Crippen LogP contribution >= 0.6 is 0 Å². The first kappa shape index (κ1) is 16.6. The molecule has 1 rings (SSSR count). The second-order valence-corrected chi connectivity index (χ2v) is 4.31. The highest BCUT2D eigenvalue weighted by Gasteiger charge is 2.20. The molecule has 0 radical (unpaired) electrons. The molecule has 0 heterocycles. The monoisotopic (exact) mass is 298 g/mol. The summed E-state index contributed by atoms with van der Waals surface area (Å²) in [5.41, 5.74) is 0.467. The van der Waals surface area contributed by atoms with E-state index in [1.54, 1.807) is 0 Å². The number of amides is 2. The number of carbonyl (C=O) groups excluding carboxylic acids is 1. The predicted octanol–water partition coefficient (Wildman–Crippen LogP) is 0.0391. The maximum Gasteiger partial charge on any atom is 0.326 e. The molecule has 0 saturated carbocycles. The van der Waals surface area contributed by atoms with Crippen molar-refractivity contribution in [1.29, 1.82) is 0 Å². The fourth-order valence-corrected chi connectivity index (χ4v) is 1.61. The summed E-state index contributed by atoms with van der Waals surface area (Å²) in [6, 6.07) is 2.19.